The van der Waals surface area contributed by atoms with Crippen LogP contribution in [0.15, 0.2) is 65.8 Å². The molecule has 5 nitrogen and oxygen atoms in total. The molecular formula is C23H23N5S. The average Bonchev–Trinajstić information content (AvgIpc) is 3.42. The summed E-state index contributed by atoms with van der Waals surface area (Å²) in [5, 5.41) is 11.2. The zero-order valence-corrected chi connectivity index (χ0v) is 17.3. The second kappa shape index (κ2) is 7.87. The summed E-state index contributed by atoms with van der Waals surface area (Å²) in [6.07, 6.45) is 2.43. The molecule has 4 aromatic rings. The number of aryl methyl sites for hydroxylation is 1. The first-order valence-corrected chi connectivity index (χ1v) is 11.0. The fraction of sp³-hybridized carbons (Fsp3) is 0.261. The van der Waals surface area contributed by atoms with Crippen molar-refractivity contribution in [3.63, 3.8) is 0 Å². The summed E-state index contributed by atoms with van der Waals surface area (Å²) >= 11 is 1.69. The molecule has 2 aromatic heterocycles. The third-order valence-corrected chi connectivity index (χ3v) is 6.27. The Morgan fingerprint density at radius 1 is 0.897 bits per heavy atom. The van der Waals surface area contributed by atoms with Crippen molar-refractivity contribution in [1.29, 1.82) is 0 Å². The van der Waals surface area contributed by atoms with E-state index >= 15 is 0 Å². The molecule has 0 saturated carbocycles. The molecule has 3 heterocycles. The van der Waals surface area contributed by atoms with Crippen molar-refractivity contribution in [2.75, 3.05) is 18.0 Å². The molecule has 0 aliphatic carbocycles. The normalized spacial score (nSPS) is 14.0. The van der Waals surface area contributed by atoms with Gasteiger partial charge in [0.15, 0.2) is 5.16 Å². The molecule has 0 atom stereocenters. The molecule has 1 aliphatic heterocycles. The van der Waals surface area contributed by atoms with Crippen molar-refractivity contribution in [1.82, 2.24) is 19.7 Å². The summed E-state index contributed by atoms with van der Waals surface area (Å²) in [7, 11) is 0. The number of hydrogen-bond acceptors (Lipinski definition) is 5. The highest BCUT2D eigenvalue weighted by molar-refractivity contribution is 7.98. The number of fused-ring (bicyclic) bond motifs is 1. The lowest BCUT2D eigenvalue weighted by Gasteiger charge is -2.18. The maximum absolute atomic E-state index is 4.80. The SMILES string of the molecule is Cc1ccc(-n2c(SCc3ccc4ccccc4n3)nnc2N2CCCC2)cc1. The number of pyridine rings is 1. The minimum absolute atomic E-state index is 0.759. The van der Waals surface area contributed by atoms with Crippen molar-refractivity contribution in [2.24, 2.45) is 0 Å². The van der Waals surface area contributed by atoms with Crippen molar-refractivity contribution < 1.29 is 0 Å². The molecular weight excluding hydrogens is 378 g/mol. The maximum atomic E-state index is 4.80. The van der Waals surface area contributed by atoms with Gasteiger partial charge in [-0.25, -0.2) is 0 Å². The number of rotatable bonds is 5. The molecule has 0 radical (unpaired) electrons. The van der Waals surface area contributed by atoms with E-state index in [0.29, 0.717) is 0 Å². The molecule has 0 amide bonds. The zero-order chi connectivity index (χ0) is 19.6. The summed E-state index contributed by atoms with van der Waals surface area (Å²) in [4.78, 5) is 7.14. The van der Waals surface area contributed by atoms with Crippen LogP contribution < -0.4 is 4.90 Å². The summed E-state index contributed by atoms with van der Waals surface area (Å²) < 4.78 is 2.19. The number of para-hydroxylation sites is 1. The molecule has 0 spiro atoms. The van der Waals surface area contributed by atoms with Crippen LogP contribution in [0.4, 0.5) is 5.95 Å². The number of hydrogen-bond donors (Lipinski definition) is 0. The molecule has 0 bridgehead atoms. The van der Waals surface area contributed by atoms with Crippen LogP contribution in [0.5, 0.6) is 0 Å². The van der Waals surface area contributed by atoms with Gasteiger partial charge in [-0.2, -0.15) is 0 Å². The van der Waals surface area contributed by atoms with Crippen molar-refractivity contribution in [3.05, 3.63) is 71.9 Å². The summed E-state index contributed by atoms with van der Waals surface area (Å²) in [6.45, 7) is 4.19. The van der Waals surface area contributed by atoms with E-state index in [1.165, 1.54) is 23.8 Å². The predicted molar refractivity (Wildman–Crippen MR) is 119 cm³/mol. The molecule has 1 aliphatic rings. The molecule has 0 N–H and O–H groups in total. The molecule has 29 heavy (non-hydrogen) atoms. The second-order valence-electron chi connectivity index (χ2n) is 7.43. The molecule has 2 aromatic carbocycles. The number of benzene rings is 2. The van der Waals surface area contributed by atoms with Crippen LogP contribution in [0.1, 0.15) is 24.1 Å². The topological polar surface area (TPSA) is 46.8 Å². The highest BCUT2D eigenvalue weighted by atomic mass is 32.2. The van der Waals surface area contributed by atoms with Gasteiger partial charge in [-0.15, -0.1) is 10.2 Å². The van der Waals surface area contributed by atoms with Crippen LogP contribution >= 0.6 is 11.8 Å². The lowest BCUT2D eigenvalue weighted by molar-refractivity contribution is 0.841. The van der Waals surface area contributed by atoms with E-state index in [9.17, 15) is 0 Å². The third-order valence-electron chi connectivity index (χ3n) is 5.30. The van der Waals surface area contributed by atoms with Crippen LogP contribution in [0.2, 0.25) is 0 Å². The summed E-state index contributed by atoms with van der Waals surface area (Å²) in [5.74, 6) is 1.70. The standard InChI is InChI=1S/C23H23N5S/c1-17-8-12-20(13-9-17)28-22(27-14-4-5-15-27)25-26-23(28)29-16-19-11-10-18-6-2-3-7-21(18)24-19/h2-3,6-13H,4-5,14-16H2,1H3. The van der Waals surface area contributed by atoms with Crippen LogP contribution in [-0.4, -0.2) is 32.8 Å². The van der Waals surface area contributed by atoms with Gasteiger partial charge in [0, 0.05) is 24.2 Å². The Morgan fingerprint density at radius 3 is 2.52 bits per heavy atom. The smallest absolute Gasteiger partial charge is 0.232 e. The molecule has 6 heteroatoms. The maximum Gasteiger partial charge on any atom is 0.232 e. The largest absolute Gasteiger partial charge is 0.341 e. The van der Waals surface area contributed by atoms with Gasteiger partial charge in [0.05, 0.1) is 16.9 Å². The van der Waals surface area contributed by atoms with Gasteiger partial charge < -0.3 is 4.90 Å². The zero-order valence-electron chi connectivity index (χ0n) is 16.5. The first kappa shape index (κ1) is 18.2. The first-order valence-electron chi connectivity index (χ1n) is 10.0. The van der Waals surface area contributed by atoms with E-state index in [0.717, 1.165) is 46.8 Å². The molecule has 146 valence electrons. The summed E-state index contributed by atoms with van der Waals surface area (Å²) in [5.41, 5.74) is 4.44. The monoisotopic (exact) mass is 401 g/mol. The Bertz CT molecular complexity index is 1130. The second-order valence-corrected chi connectivity index (χ2v) is 8.37. The van der Waals surface area contributed by atoms with Gasteiger partial charge in [-0.1, -0.05) is 53.7 Å². The van der Waals surface area contributed by atoms with E-state index < -0.39 is 0 Å². The fourth-order valence-corrected chi connectivity index (χ4v) is 4.58. The molecule has 1 saturated heterocycles. The van der Waals surface area contributed by atoms with Gasteiger partial charge in [-0.3, -0.25) is 9.55 Å². The van der Waals surface area contributed by atoms with Gasteiger partial charge >= 0.3 is 0 Å². The van der Waals surface area contributed by atoms with Crippen LogP contribution in [-0.2, 0) is 5.75 Å². The molecule has 0 unspecified atom stereocenters. The Morgan fingerprint density at radius 2 is 1.69 bits per heavy atom. The fourth-order valence-electron chi connectivity index (χ4n) is 3.72. The average molecular weight is 402 g/mol. The highest BCUT2D eigenvalue weighted by Crippen LogP contribution is 2.30. The van der Waals surface area contributed by atoms with Crippen LogP contribution in [0, 0.1) is 6.92 Å². The van der Waals surface area contributed by atoms with Gasteiger partial charge in [0.25, 0.3) is 0 Å². The van der Waals surface area contributed by atoms with Crippen LogP contribution in [0.25, 0.3) is 16.6 Å². The lowest BCUT2D eigenvalue weighted by atomic mass is 10.2. The van der Waals surface area contributed by atoms with Gasteiger partial charge in [0.1, 0.15) is 0 Å². The van der Waals surface area contributed by atoms with E-state index in [4.69, 9.17) is 4.98 Å². The minimum atomic E-state index is 0.759. The van der Waals surface area contributed by atoms with Crippen molar-refractivity contribution in [3.8, 4) is 5.69 Å². The summed E-state index contributed by atoms with van der Waals surface area (Å²) in [6, 6.07) is 21.0. The predicted octanol–water partition coefficient (Wildman–Crippen LogP) is 5.02. The Labute approximate surface area is 174 Å². The molecule has 5 rings (SSSR count). The first-order chi connectivity index (χ1) is 14.3. The van der Waals surface area contributed by atoms with Crippen molar-refractivity contribution >= 4 is 28.6 Å². The number of aromatic nitrogens is 4. The highest BCUT2D eigenvalue weighted by Gasteiger charge is 2.22. The van der Waals surface area contributed by atoms with Crippen molar-refractivity contribution in [2.45, 2.75) is 30.7 Å². The Kier molecular flexibility index (Phi) is 4.94. The third kappa shape index (κ3) is 3.72. The van der Waals surface area contributed by atoms with E-state index in [-0.39, 0.29) is 0 Å². The minimum Gasteiger partial charge on any atom is -0.341 e. The van der Waals surface area contributed by atoms with Gasteiger partial charge in [0.2, 0.25) is 5.95 Å². The van der Waals surface area contributed by atoms with Gasteiger partial charge in [-0.05, 0) is 44.0 Å². The number of anilines is 1. The van der Waals surface area contributed by atoms with Crippen LogP contribution in [0.3, 0.4) is 0 Å². The lowest BCUT2D eigenvalue weighted by Crippen LogP contribution is -2.22. The number of nitrogens with zero attached hydrogens (tertiary/aromatic N) is 5. The Balaban J connectivity index is 1.46. The van der Waals surface area contributed by atoms with E-state index in [1.54, 1.807) is 11.8 Å². The molecule has 1 fully saturated rings. The van der Waals surface area contributed by atoms with E-state index in [2.05, 4.69) is 75.1 Å². The quantitative estimate of drug-likeness (QED) is 0.440. The van der Waals surface area contributed by atoms with E-state index in [1.807, 2.05) is 12.1 Å². The Hall–Kier alpha value is -2.86. The number of thioether (sulfide) groups is 1.